The Kier molecular flexibility index (Phi) is 7.42. The lowest BCUT2D eigenvalue weighted by molar-refractivity contribution is 0.0203. The minimum absolute atomic E-state index is 0.288. The van der Waals surface area contributed by atoms with E-state index >= 15 is 0 Å². The first-order valence-electron chi connectivity index (χ1n) is 7.77. The van der Waals surface area contributed by atoms with E-state index in [0.29, 0.717) is 31.8 Å². The quantitative estimate of drug-likeness (QED) is 0.742. The number of carbonyl (C=O) groups excluding carboxylic acids is 1. The average molecular weight is 301 g/mol. The number of hydrogen-bond donors (Lipinski definition) is 2. The highest BCUT2D eigenvalue weighted by molar-refractivity contribution is 5.68. The Labute approximate surface area is 128 Å². The number of ether oxygens (including phenoxy) is 2. The predicted octanol–water partition coefficient (Wildman–Crippen LogP) is 1.34. The molecule has 1 rings (SSSR count). The van der Waals surface area contributed by atoms with Gasteiger partial charge in [0.25, 0.3) is 0 Å². The third-order valence-electron chi connectivity index (χ3n) is 3.50. The van der Waals surface area contributed by atoms with Crippen molar-refractivity contribution < 1.29 is 14.3 Å². The smallest absolute Gasteiger partial charge is 0.410 e. The molecule has 0 aromatic rings. The van der Waals surface area contributed by atoms with E-state index in [-0.39, 0.29) is 6.09 Å². The van der Waals surface area contributed by atoms with E-state index in [1.54, 1.807) is 12.0 Å². The summed E-state index contributed by atoms with van der Waals surface area (Å²) in [7, 11) is 1.63. The third kappa shape index (κ3) is 7.64. The second-order valence-corrected chi connectivity index (χ2v) is 6.68. The fourth-order valence-corrected chi connectivity index (χ4v) is 2.43. The predicted molar refractivity (Wildman–Crippen MR) is 83.3 cm³/mol. The van der Waals surface area contributed by atoms with Crippen molar-refractivity contribution in [3.05, 3.63) is 0 Å². The van der Waals surface area contributed by atoms with E-state index in [0.717, 1.165) is 25.8 Å². The van der Waals surface area contributed by atoms with Gasteiger partial charge in [0, 0.05) is 38.8 Å². The summed E-state index contributed by atoms with van der Waals surface area (Å²) in [4.78, 5) is 13.8. The van der Waals surface area contributed by atoms with E-state index in [1.807, 2.05) is 20.8 Å². The Morgan fingerprint density at radius 2 is 2.05 bits per heavy atom. The molecule has 124 valence electrons. The van der Waals surface area contributed by atoms with Crippen LogP contribution in [0.2, 0.25) is 0 Å². The summed E-state index contributed by atoms with van der Waals surface area (Å²) in [6, 6.07) is 0.792. The van der Waals surface area contributed by atoms with E-state index in [2.05, 4.69) is 5.32 Å². The van der Waals surface area contributed by atoms with Gasteiger partial charge < -0.3 is 25.4 Å². The molecule has 0 saturated heterocycles. The number of nitrogens with zero attached hydrogens (tertiary/aromatic N) is 1. The standard InChI is InChI=1S/C15H31N3O3/c1-15(2,3)21-14(19)18(9-10-20-4)8-7-17-13-6-5-12(16)11-13/h12-13,17H,5-11,16H2,1-4H3. The minimum Gasteiger partial charge on any atom is -0.444 e. The van der Waals surface area contributed by atoms with Gasteiger partial charge in [-0.2, -0.15) is 0 Å². The van der Waals surface area contributed by atoms with Gasteiger partial charge in [0.05, 0.1) is 6.61 Å². The first-order chi connectivity index (χ1) is 9.81. The number of amides is 1. The first kappa shape index (κ1) is 18.2. The number of nitrogens with two attached hydrogens (primary N) is 1. The summed E-state index contributed by atoms with van der Waals surface area (Å²) in [6.45, 7) is 8.03. The van der Waals surface area contributed by atoms with E-state index < -0.39 is 5.60 Å². The molecule has 0 bridgehead atoms. The molecule has 1 saturated carbocycles. The highest BCUT2D eigenvalue weighted by atomic mass is 16.6. The molecule has 6 nitrogen and oxygen atoms in total. The number of nitrogens with one attached hydrogen (secondary N) is 1. The van der Waals surface area contributed by atoms with Crippen LogP contribution in [0, 0.1) is 0 Å². The molecule has 3 N–H and O–H groups in total. The molecule has 21 heavy (non-hydrogen) atoms. The van der Waals surface area contributed by atoms with E-state index in [9.17, 15) is 4.79 Å². The number of carbonyl (C=O) groups is 1. The SMILES string of the molecule is COCCN(CCNC1CCC(N)C1)C(=O)OC(C)(C)C. The zero-order valence-electron chi connectivity index (χ0n) is 13.9. The van der Waals surface area contributed by atoms with Crippen molar-refractivity contribution in [1.29, 1.82) is 0 Å². The zero-order chi connectivity index (χ0) is 15.9. The van der Waals surface area contributed by atoms with Crippen LogP contribution >= 0.6 is 0 Å². The summed E-state index contributed by atoms with van der Waals surface area (Å²) in [5, 5.41) is 3.47. The molecule has 6 heteroatoms. The molecule has 1 aliphatic rings. The highest BCUT2D eigenvalue weighted by Gasteiger charge is 2.23. The van der Waals surface area contributed by atoms with Crippen LogP contribution in [-0.2, 0) is 9.47 Å². The van der Waals surface area contributed by atoms with Crippen molar-refractivity contribution in [3.63, 3.8) is 0 Å². The maximum atomic E-state index is 12.1. The third-order valence-corrected chi connectivity index (χ3v) is 3.50. The van der Waals surface area contributed by atoms with Crippen molar-refractivity contribution in [3.8, 4) is 0 Å². The number of methoxy groups -OCH3 is 1. The van der Waals surface area contributed by atoms with Crippen LogP contribution in [0.5, 0.6) is 0 Å². The summed E-state index contributed by atoms with van der Waals surface area (Å²) in [5.74, 6) is 0. The maximum Gasteiger partial charge on any atom is 0.410 e. The van der Waals surface area contributed by atoms with Crippen molar-refractivity contribution >= 4 is 6.09 Å². The summed E-state index contributed by atoms with van der Waals surface area (Å²) in [6.07, 6.45) is 2.93. The van der Waals surface area contributed by atoms with Gasteiger partial charge in [0.15, 0.2) is 0 Å². The Morgan fingerprint density at radius 1 is 1.33 bits per heavy atom. The van der Waals surface area contributed by atoms with Crippen LogP contribution in [-0.4, -0.2) is 62.0 Å². The van der Waals surface area contributed by atoms with Gasteiger partial charge in [0.1, 0.15) is 5.60 Å². The van der Waals surface area contributed by atoms with Crippen LogP contribution in [0.4, 0.5) is 4.79 Å². The Hall–Kier alpha value is -0.850. The highest BCUT2D eigenvalue weighted by Crippen LogP contribution is 2.16. The van der Waals surface area contributed by atoms with Crippen molar-refractivity contribution in [2.45, 2.75) is 57.7 Å². The molecule has 0 aromatic carbocycles. The first-order valence-corrected chi connectivity index (χ1v) is 7.77. The molecule has 0 spiro atoms. The van der Waals surface area contributed by atoms with Gasteiger partial charge in [-0.1, -0.05) is 0 Å². The molecule has 0 radical (unpaired) electrons. The van der Waals surface area contributed by atoms with Gasteiger partial charge in [-0.15, -0.1) is 0 Å². The number of rotatable bonds is 7. The summed E-state index contributed by atoms with van der Waals surface area (Å²) in [5.41, 5.74) is 5.42. The maximum absolute atomic E-state index is 12.1. The molecule has 2 atom stereocenters. The lowest BCUT2D eigenvalue weighted by Gasteiger charge is -2.27. The van der Waals surface area contributed by atoms with Crippen LogP contribution in [0.15, 0.2) is 0 Å². The summed E-state index contributed by atoms with van der Waals surface area (Å²) >= 11 is 0. The van der Waals surface area contributed by atoms with Crippen LogP contribution in [0.25, 0.3) is 0 Å². The van der Waals surface area contributed by atoms with Gasteiger partial charge in [0.2, 0.25) is 0 Å². The normalized spacial score (nSPS) is 22.3. The second-order valence-electron chi connectivity index (χ2n) is 6.68. The van der Waals surface area contributed by atoms with Gasteiger partial charge in [-0.3, -0.25) is 0 Å². The molecule has 1 aliphatic carbocycles. The fraction of sp³-hybridized carbons (Fsp3) is 0.933. The molecule has 1 amide bonds. The lowest BCUT2D eigenvalue weighted by Crippen LogP contribution is -2.43. The molecule has 0 aliphatic heterocycles. The number of hydrogen-bond acceptors (Lipinski definition) is 5. The second kappa shape index (κ2) is 8.56. The van der Waals surface area contributed by atoms with Crippen LogP contribution in [0.1, 0.15) is 40.0 Å². The lowest BCUT2D eigenvalue weighted by atomic mass is 10.2. The van der Waals surface area contributed by atoms with E-state index in [4.69, 9.17) is 15.2 Å². The van der Waals surface area contributed by atoms with Gasteiger partial charge >= 0.3 is 6.09 Å². The Morgan fingerprint density at radius 3 is 2.57 bits per heavy atom. The van der Waals surface area contributed by atoms with E-state index in [1.165, 1.54) is 0 Å². The monoisotopic (exact) mass is 301 g/mol. The fourth-order valence-electron chi connectivity index (χ4n) is 2.43. The molecule has 0 heterocycles. The average Bonchev–Trinajstić information content (AvgIpc) is 2.77. The molecular formula is C15H31N3O3. The van der Waals surface area contributed by atoms with Gasteiger partial charge in [-0.25, -0.2) is 4.79 Å². The Balaban J connectivity index is 2.36. The minimum atomic E-state index is -0.478. The topological polar surface area (TPSA) is 76.8 Å². The van der Waals surface area contributed by atoms with Crippen molar-refractivity contribution in [2.75, 3.05) is 33.4 Å². The Bertz CT molecular complexity index is 318. The summed E-state index contributed by atoms with van der Waals surface area (Å²) < 4.78 is 10.5. The molecule has 1 fully saturated rings. The molecule has 2 unspecified atom stereocenters. The van der Waals surface area contributed by atoms with Crippen molar-refractivity contribution in [2.24, 2.45) is 5.73 Å². The molecular weight excluding hydrogens is 270 g/mol. The van der Waals surface area contributed by atoms with Crippen molar-refractivity contribution in [1.82, 2.24) is 10.2 Å². The largest absolute Gasteiger partial charge is 0.444 e. The van der Waals surface area contributed by atoms with Gasteiger partial charge in [-0.05, 0) is 40.0 Å². The molecule has 0 aromatic heterocycles. The van der Waals surface area contributed by atoms with Crippen LogP contribution < -0.4 is 11.1 Å². The van der Waals surface area contributed by atoms with Crippen LogP contribution in [0.3, 0.4) is 0 Å². The zero-order valence-corrected chi connectivity index (χ0v) is 13.9.